The topological polar surface area (TPSA) is 26.3 Å². The molecule has 0 aliphatic rings. The smallest absolute Gasteiger partial charge is 0.189 e. The maximum absolute atomic E-state index is 11.8. The minimum absolute atomic E-state index is 0.106. The maximum Gasteiger partial charge on any atom is 0.189 e. The van der Waals surface area contributed by atoms with Crippen LogP contribution in [0.3, 0.4) is 0 Å². The van der Waals surface area contributed by atoms with Gasteiger partial charge in [-0.3, -0.25) is 4.79 Å². The summed E-state index contributed by atoms with van der Waals surface area (Å²) >= 11 is 5.96. The van der Waals surface area contributed by atoms with E-state index in [-0.39, 0.29) is 5.78 Å². The van der Waals surface area contributed by atoms with Crippen molar-refractivity contribution in [2.24, 2.45) is 0 Å². The molecular formula is C12H13ClO2. The van der Waals surface area contributed by atoms with Crippen LogP contribution >= 0.6 is 11.6 Å². The highest BCUT2D eigenvalue weighted by molar-refractivity contribution is 6.35. The molecule has 0 amide bonds. The molecule has 0 N–H and O–H groups in total. The Kier molecular flexibility index (Phi) is 3.92. The van der Waals surface area contributed by atoms with Crippen molar-refractivity contribution in [3.8, 4) is 5.75 Å². The van der Waals surface area contributed by atoms with Gasteiger partial charge in [0.15, 0.2) is 5.78 Å². The van der Waals surface area contributed by atoms with Crippen molar-refractivity contribution < 1.29 is 9.53 Å². The van der Waals surface area contributed by atoms with Gasteiger partial charge in [0.1, 0.15) is 5.75 Å². The number of carbonyl (C=O) groups is 1. The van der Waals surface area contributed by atoms with Crippen LogP contribution in [-0.4, -0.2) is 12.9 Å². The van der Waals surface area contributed by atoms with Gasteiger partial charge in [-0.1, -0.05) is 25.1 Å². The van der Waals surface area contributed by atoms with Gasteiger partial charge >= 0.3 is 0 Å². The first-order valence-corrected chi connectivity index (χ1v) is 5.04. The van der Waals surface area contributed by atoms with E-state index in [1.54, 1.807) is 25.3 Å². The molecule has 15 heavy (non-hydrogen) atoms. The van der Waals surface area contributed by atoms with Crippen LogP contribution < -0.4 is 4.74 Å². The highest BCUT2D eigenvalue weighted by Crippen LogP contribution is 2.24. The lowest BCUT2D eigenvalue weighted by Crippen LogP contribution is -2.02. The van der Waals surface area contributed by atoms with Crippen LogP contribution in [0.1, 0.15) is 23.7 Å². The fourth-order valence-corrected chi connectivity index (χ4v) is 1.41. The number of Topliss-reactive ketones (excluding diaryl/α,β-unsaturated/α-hetero) is 1. The summed E-state index contributed by atoms with van der Waals surface area (Å²) in [6, 6.07) is 4.99. The van der Waals surface area contributed by atoms with E-state index in [1.807, 2.05) is 6.92 Å². The molecule has 0 atom stereocenters. The number of hydrogen-bond donors (Lipinski definition) is 0. The van der Waals surface area contributed by atoms with E-state index >= 15 is 0 Å². The standard InChI is InChI=1S/C12H13ClO2/c1-4-8(2)12(14)10-6-5-9(15-3)7-11(10)13/h5-7H,2,4H2,1,3H3. The highest BCUT2D eigenvalue weighted by atomic mass is 35.5. The Morgan fingerprint density at radius 3 is 2.67 bits per heavy atom. The molecule has 1 rings (SSSR count). The summed E-state index contributed by atoms with van der Waals surface area (Å²) < 4.78 is 5.00. The second-order valence-electron chi connectivity index (χ2n) is 3.13. The lowest BCUT2D eigenvalue weighted by atomic mass is 10.0. The van der Waals surface area contributed by atoms with Crippen molar-refractivity contribution in [1.82, 2.24) is 0 Å². The maximum atomic E-state index is 11.8. The zero-order valence-corrected chi connectivity index (χ0v) is 9.60. The third kappa shape index (κ3) is 2.60. The molecule has 0 spiro atoms. The summed E-state index contributed by atoms with van der Waals surface area (Å²) in [5.41, 5.74) is 1.03. The largest absolute Gasteiger partial charge is 0.497 e. The number of carbonyl (C=O) groups excluding carboxylic acids is 1. The van der Waals surface area contributed by atoms with Gasteiger partial charge in [-0.15, -0.1) is 0 Å². The van der Waals surface area contributed by atoms with Gasteiger partial charge in [0.2, 0.25) is 0 Å². The predicted octanol–water partition coefficient (Wildman–Crippen LogP) is 3.50. The summed E-state index contributed by atoms with van der Waals surface area (Å²) in [4.78, 5) is 11.8. The molecule has 80 valence electrons. The Bertz CT molecular complexity index is 397. The Hall–Kier alpha value is -1.28. The zero-order chi connectivity index (χ0) is 11.4. The first kappa shape index (κ1) is 11.8. The number of benzene rings is 1. The lowest BCUT2D eigenvalue weighted by Gasteiger charge is -2.06. The molecule has 0 saturated heterocycles. The Labute approximate surface area is 94.5 Å². The molecule has 0 heterocycles. The second-order valence-corrected chi connectivity index (χ2v) is 3.54. The van der Waals surface area contributed by atoms with E-state index in [4.69, 9.17) is 16.3 Å². The predicted molar refractivity (Wildman–Crippen MR) is 61.8 cm³/mol. The molecule has 0 unspecified atom stereocenters. The van der Waals surface area contributed by atoms with Crippen LogP contribution in [-0.2, 0) is 0 Å². The molecule has 0 radical (unpaired) electrons. The van der Waals surface area contributed by atoms with Crippen molar-refractivity contribution in [2.75, 3.05) is 7.11 Å². The van der Waals surface area contributed by atoms with Crippen molar-refractivity contribution in [3.05, 3.63) is 40.9 Å². The van der Waals surface area contributed by atoms with Crippen molar-refractivity contribution in [1.29, 1.82) is 0 Å². The quantitative estimate of drug-likeness (QED) is 0.578. The number of halogens is 1. The van der Waals surface area contributed by atoms with Gasteiger partial charge < -0.3 is 4.74 Å². The minimum atomic E-state index is -0.106. The zero-order valence-electron chi connectivity index (χ0n) is 8.84. The first-order valence-electron chi connectivity index (χ1n) is 4.66. The third-order valence-corrected chi connectivity index (χ3v) is 2.48. The Morgan fingerprint density at radius 1 is 1.53 bits per heavy atom. The second kappa shape index (κ2) is 4.99. The van der Waals surface area contributed by atoms with Gasteiger partial charge in [0.25, 0.3) is 0 Å². The van der Waals surface area contributed by atoms with E-state index in [0.29, 0.717) is 28.3 Å². The molecule has 1 aromatic rings. The monoisotopic (exact) mass is 224 g/mol. The summed E-state index contributed by atoms with van der Waals surface area (Å²) in [5, 5.41) is 0.397. The Morgan fingerprint density at radius 2 is 2.20 bits per heavy atom. The lowest BCUT2D eigenvalue weighted by molar-refractivity contribution is 0.103. The summed E-state index contributed by atoms with van der Waals surface area (Å²) in [6.07, 6.45) is 0.626. The Balaban J connectivity index is 3.06. The van der Waals surface area contributed by atoms with Gasteiger partial charge in [-0.25, -0.2) is 0 Å². The van der Waals surface area contributed by atoms with Crippen LogP contribution in [0, 0.1) is 0 Å². The molecular weight excluding hydrogens is 212 g/mol. The summed E-state index contributed by atoms with van der Waals surface area (Å²) in [5.74, 6) is 0.531. The molecule has 0 bridgehead atoms. The first-order chi connectivity index (χ1) is 7.10. The number of rotatable bonds is 4. The highest BCUT2D eigenvalue weighted by Gasteiger charge is 2.12. The van der Waals surface area contributed by atoms with E-state index in [9.17, 15) is 4.79 Å². The number of ketones is 1. The normalized spacial score (nSPS) is 9.80. The average Bonchev–Trinajstić information content (AvgIpc) is 2.26. The summed E-state index contributed by atoms with van der Waals surface area (Å²) in [6.45, 7) is 5.58. The van der Waals surface area contributed by atoms with Gasteiger partial charge in [-0.2, -0.15) is 0 Å². The number of allylic oxidation sites excluding steroid dienone is 1. The number of hydrogen-bond acceptors (Lipinski definition) is 2. The minimum Gasteiger partial charge on any atom is -0.497 e. The van der Waals surface area contributed by atoms with E-state index < -0.39 is 0 Å². The van der Waals surface area contributed by atoms with Crippen LogP contribution in [0.4, 0.5) is 0 Å². The van der Waals surface area contributed by atoms with Gasteiger partial charge in [-0.05, 0) is 30.2 Å². The van der Waals surface area contributed by atoms with Crippen molar-refractivity contribution >= 4 is 17.4 Å². The van der Waals surface area contributed by atoms with E-state index in [2.05, 4.69) is 6.58 Å². The number of ether oxygens (including phenoxy) is 1. The fourth-order valence-electron chi connectivity index (χ4n) is 1.16. The molecule has 3 heteroatoms. The molecule has 0 fully saturated rings. The molecule has 0 saturated carbocycles. The molecule has 1 aromatic carbocycles. The third-order valence-electron chi connectivity index (χ3n) is 2.17. The summed E-state index contributed by atoms with van der Waals surface area (Å²) in [7, 11) is 1.55. The van der Waals surface area contributed by atoms with Crippen molar-refractivity contribution in [2.45, 2.75) is 13.3 Å². The van der Waals surface area contributed by atoms with Gasteiger partial charge in [0, 0.05) is 5.56 Å². The fraction of sp³-hybridized carbons (Fsp3) is 0.250. The number of methoxy groups -OCH3 is 1. The average molecular weight is 225 g/mol. The van der Waals surface area contributed by atoms with Crippen LogP contribution in [0.2, 0.25) is 5.02 Å². The van der Waals surface area contributed by atoms with Crippen LogP contribution in [0.5, 0.6) is 5.75 Å². The molecule has 2 nitrogen and oxygen atoms in total. The SMILES string of the molecule is C=C(CC)C(=O)c1ccc(OC)cc1Cl. The van der Waals surface area contributed by atoms with Crippen molar-refractivity contribution in [3.63, 3.8) is 0 Å². The van der Waals surface area contributed by atoms with E-state index in [1.165, 1.54) is 0 Å². The molecule has 0 aliphatic carbocycles. The van der Waals surface area contributed by atoms with Crippen LogP contribution in [0.15, 0.2) is 30.4 Å². The van der Waals surface area contributed by atoms with E-state index in [0.717, 1.165) is 0 Å². The van der Waals surface area contributed by atoms with Gasteiger partial charge in [0.05, 0.1) is 12.1 Å². The molecule has 0 aliphatic heterocycles. The van der Waals surface area contributed by atoms with Crippen LogP contribution in [0.25, 0.3) is 0 Å². The molecule has 0 aromatic heterocycles.